The van der Waals surface area contributed by atoms with Gasteiger partial charge in [-0.2, -0.15) is 0 Å². The third kappa shape index (κ3) is 5.48. The van der Waals surface area contributed by atoms with Crippen molar-refractivity contribution in [2.24, 2.45) is 5.92 Å². The summed E-state index contributed by atoms with van der Waals surface area (Å²) in [6.07, 6.45) is 3.62. The molecule has 0 unspecified atom stereocenters. The predicted molar refractivity (Wildman–Crippen MR) is 115 cm³/mol. The lowest BCUT2D eigenvalue weighted by Crippen LogP contribution is -2.42. The van der Waals surface area contributed by atoms with Gasteiger partial charge in [0.25, 0.3) is 0 Å². The van der Waals surface area contributed by atoms with Crippen molar-refractivity contribution in [3.63, 3.8) is 0 Å². The van der Waals surface area contributed by atoms with Crippen LogP contribution in [0.3, 0.4) is 0 Å². The fraction of sp³-hybridized carbons (Fsp3) is 0.500. The molecule has 0 N–H and O–H groups in total. The summed E-state index contributed by atoms with van der Waals surface area (Å²) in [5, 5.41) is 0. The number of nitrogens with zero attached hydrogens (tertiary/aromatic N) is 2. The van der Waals surface area contributed by atoms with Crippen molar-refractivity contribution >= 4 is 5.69 Å². The number of rotatable bonds is 8. The van der Waals surface area contributed by atoms with Gasteiger partial charge < -0.3 is 14.5 Å². The van der Waals surface area contributed by atoms with Crippen molar-refractivity contribution in [3.05, 3.63) is 59.9 Å². The molecule has 1 aliphatic heterocycles. The molecule has 0 amide bonds. The first-order valence-corrected chi connectivity index (χ1v) is 10.4. The van der Waals surface area contributed by atoms with Crippen LogP contribution >= 0.6 is 0 Å². The first-order chi connectivity index (χ1) is 13.6. The highest BCUT2D eigenvalue weighted by molar-refractivity contribution is 5.46. The van der Waals surface area contributed by atoms with E-state index >= 15 is 0 Å². The van der Waals surface area contributed by atoms with E-state index in [0.717, 1.165) is 31.8 Å². The van der Waals surface area contributed by atoms with Crippen LogP contribution in [0.5, 0.6) is 5.75 Å². The topological polar surface area (TPSA) is 15.7 Å². The standard InChI is InChI=1S/C24H33FN2O/c1-4-5-15-27-16-14-24(19-6-10-22(11-7-19)26(2)3)20(17-27)18-28-23-12-8-21(25)9-13-23/h6-13,20,24H,4-5,14-18H2,1-3H3/t20-,24-/m1/s1. The molecule has 1 aliphatic rings. The van der Waals surface area contributed by atoms with E-state index in [1.54, 1.807) is 12.1 Å². The van der Waals surface area contributed by atoms with E-state index in [2.05, 4.69) is 55.1 Å². The zero-order valence-corrected chi connectivity index (χ0v) is 17.4. The Morgan fingerprint density at radius 3 is 2.43 bits per heavy atom. The Labute approximate surface area is 169 Å². The van der Waals surface area contributed by atoms with Crippen LogP contribution in [-0.2, 0) is 0 Å². The highest BCUT2D eigenvalue weighted by atomic mass is 19.1. The summed E-state index contributed by atoms with van der Waals surface area (Å²) in [6.45, 7) is 6.27. The Hall–Kier alpha value is -2.07. The predicted octanol–water partition coefficient (Wildman–Crippen LogP) is 5.18. The van der Waals surface area contributed by atoms with Crippen LogP contribution in [0.25, 0.3) is 0 Å². The summed E-state index contributed by atoms with van der Waals surface area (Å²) in [5.41, 5.74) is 2.62. The molecule has 2 aromatic carbocycles. The van der Waals surface area contributed by atoms with E-state index in [0.29, 0.717) is 18.4 Å². The Kier molecular flexibility index (Phi) is 7.32. The van der Waals surface area contributed by atoms with E-state index < -0.39 is 0 Å². The molecule has 2 aromatic rings. The molecule has 2 atom stereocenters. The molecule has 0 spiro atoms. The number of halogens is 1. The average Bonchev–Trinajstić information content (AvgIpc) is 2.72. The third-order valence-corrected chi connectivity index (χ3v) is 5.76. The van der Waals surface area contributed by atoms with Crippen molar-refractivity contribution in [1.29, 1.82) is 0 Å². The quantitative estimate of drug-likeness (QED) is 0.624. The van der Waals surface area contributed by atoms with Crippen molar-refractivity contribution in [3.8, 4) is 5.75 Å². The van der Waals surface area contributed by atoms with Crippen LogP contribution in [0.15, 0.2) is 48.5 Å². The lowest BCUT2D eigenvalue weighted by Gasteiger charge is -2.39. The van der Waals surface area contributed by atoms with Gasteiger partial charge in [-0.05, 0) is 73.8 Å². The molecule has 1 fully saturated rings. The Morgan fingerprint density at radius 1 is 1.07 bits per heavy atom. The minimum absolute atomic E-state index is 0.227. The molecule has 1 saturated heterocycles. The number of likely N-dealkylation sites (tertiary alicyclic amines) is 1. The summed E-state index contributed by atoms with van der Waals surface area (Å²) in [4.78, 5) is 4.71. The molecule has 0 aromatic heterocycles. The summed E-state index contributed by atoms with van der Waals surface area (Å²) in [7, 11) is 4.14. The Balaban J connectivity index is 1.71. The van der Waals surface area contributed by atoms with Crippen LogP contribution in [0.4, 0.5) is 10.1 Å². The second-order valence-electron chi connectivity index (χ2n) is 8.06. The van der Waals surface area contributed by atoms with Gasteiger partial charge in [0.1, 0.15) is 11.6 Å². The largest absolute Gasteiger partial charge is 0.493 e. The first-order valence-electron chi connectivity index (χ1n) is 10.4. The highest BCUT2D eigenvalue weighted by Crippen LogP contribution is 2.34. The minimum Gasteiger partial charge on any atom is -0.493 e. The van der Waals surface area contributed by atoms with E-state index in [1.165, 1.54) is 36.2 Å². The monoisotopic (exact) mass is 384 g/mol. The van der Waals surface area contributed by atoms with Gasteiger partial charge >= 0.3 is 0 Å². The second kappa shape index (κ2) is 9.92. The molecule has 3 rings (SSSR count). The number of unbranched alkanes of at least 4 members (excludes halogenated alkanes) is 1. The van der Waals surface area contributed by atoms with Crippen molar-refractivity contribution in [1.82, 2.24) is 4.90 Å². The van der Waals surface area contributed by atoms with Crippen LogP contribution < -0.4 is 9.64 Å². The number of anilines is 1. The minimum atomic E-state index is -0.227. The van der Waals surface area contributed by atoms with Crippen LogP contribution in [0, 0.1) is 11.7 Å². The molecular formula is C24H33FN2O. The fourth-order valence-electron chi connectivity index (χ4n) is 4.05. The number of benzene rings is 2. The molecule has 4 heteroatoms. The van der Waals surface area contributed by atoms with Crippen molar-refractivity contribution in [2.45, 2.75) is 32.1 Å². The van der Waals surface area contributed by atoms with E-state index in [1.807, 2.05) is 0 Å². The number of hydrogen-bond donors (Lipinski definition) is 0. The highest BCUT2D eigenvalue weighted by Gasteiger charge is 2.30. The lowest BCUT2D eigenvalue weighted by molar-refractivity contribution is 0.110. The summed E-state index contributed by atoms with van der Waals surface area (Å²) in [6, 6.07) is 15.3. The van der Waals surface area contributed by atoms with Crippen LogP contribution in [0.2, 0.25) is 0 Å². The van der Waals surface area contributed by atoms with Gasteiger partial charge in [-0.15, -0.1) is 0 Å². The maximum atomic E-state index is 13.2. The maximum absolute atomic E-state index is 13.2. The fourth-order valence-corrected chi connectivity index (χ4v) is 4.05. The average molecular weight is 385 g/mol. The molecule has 0 radical (unpaired) electrons. The summed E-state index contributed by atoms with van der Waals surface area (Å²) >= 11 is 0. The zero-order valence-electron chi connectivity index (χ0n) is 17.4. The molecular weight excluding hydrogens is 351 g/mol. The van der Waals surface area contributed by atoms with Crippen molar-refractivity contribution < 1.29 is 9.13 Å². The normalized spacial score (nSPS) is 20.1. The molecule has 152 valence electrons. The molecule has 1 heterocycles. The molecule has 0 bridgehead atoms. The van der Waals surface area contributed by atoms with Gasteiger partial charge in [-0.25, -0.2) is 4.39 Å². The summed E-state index contributed by atoms with van der Waals surface area (Å²) < 4.78 is 19.2. The number of piperidine rings is 1. The van der Waals surface area contributed by atoms with Gasteiger partial charge in [0.15, 0.2) is 0 Å². The smallest absolute Gasteiger partial charge is 0.123 e. The Bertz CT molecular complexity index is 714. The van der Waals surface area contributed by atoms with E-state index in [9.17, 15) is 4.39 Å². The van der Waals surface area contributed by atoms with Crippen LogP contribution in [0.1, 0.15) is 37.7 Å². The van der Waals surface area contributed by atoms with Crippen LogP contribution in [-0.4, -0.2) is 45.2 Å². The number of hydrogen-bond acceptors (Lipinski definition) is 3. The molecule has 0 aliphatic carbocycles. The molecule has 3 nitrogen and oxygen atoms in total. The Morgan fingerprint density at radius 2 is 1.79 bits per heavy atom. The van der Waals surface area contributed by atoms with Gasteiger partial charge in [0, 0.05) is 32.2 Å². The SMILES string of the molecule is CCCCN1CC[C@H](c2ccc(N(C)C)cc2)[C@@H](COc2ccc(F)cc2)C1. The maximum Gasteiger partial charge on any atom is 0.123 e. The first kappa shape index (κ1) is 20.7. The zero-order chi connectivity index (χ0) is 19.9. The molecule has 0 saturated carbocycles. The second-order valence-corrected chi connectivity index (χ2v) is 8.06. The van der Waals surface area contributed by atoms with Gasteiger partial charge in [-0.1, -0.05) is 25.5 Å². The van der Waals surface area contributed by atoms with Crippen molar-refractivity contribution in [2.75, 3.05) is 45.2 Å². The third-order valence-electron chi connectivity index (χ3n) is 5.76. The molecule has 28 heavy (non-hydrogen) atoms. The van der Waals surface area contributed by atoms with E-state index in [-0.39, 0.29) is 5.82 Å². The lowest BCUT2D eigenvalue weighted by atomic mass is 9.80. The van der Waals surface area contributed by atoms with Gasteiger partial charge in [-0.3, -0.25) is 0 Å². The summed E-state index contributed by atoms with van der Waals surface area (Å²) in [5.74, 6) is 1.44. The van der Waals surface area contributed by atoms with E-state index in [4.69, 9.17) is 4.74 Å². The van der Waals surface area contributed by atoms with Gasteiger partial charge in [0.2, 0.25) is 0 Å². The van der Waals surface area contributed by atoms with Gasteiger partial charge in [0.05, 0.1) is 6.61 Å². The number of ether oxygens (including phenoxy) is 1.